The number of nitrogens with zero attached hydrogens (tertiary/aromatic N) is 2. The van der Waals surface area contributed by atoms with Crippen molar-refractivity contribution in [1.29, 1.82) is 0 Å². The van der Waals surface area contributed by atoms with Gasteiger partial charge in [0.25, 0.3) is 10.0 Å². The Balaban J connectivity index is 1.60. The zero-order valence-corrected chi connectivity index (χ0v) is 18.1. The summed E-state index contributed by atoms with van der Waals surface area (Å²) in [5.74, 6) is -0.312. The highest BCUT2D eigenvalue weighted by Crippen LogP contribution is 2.32. The Morgan fingerprint density at radius 1 is 1.29 bits per heavy atom. The van der Waals surface area contributed by atoms with E-state index in [-0.39, 0.29) is 10.1 Å². The highest BCUT2D eigenvalue weighted by atomic mass is 32.2. The van der Waals surface area contributed by atoms with Crippen LogP contribution in [0.4, 0.5) is 5.13 Å². The average Bonchev–Trinajstić information content (AvgIpc) is 3.32. The fraction of sp³-hybridized carbons (Fsp3) is 0.368. The summed E-state index contributed by atoms with van der Waals surface area (Å²) in [6, 6.07) is 6.66. The number of sulfonamides is 1. The first kappa shape index (κ1) is 19.5. The van der Waals surface area contributed by atoms with E-state index >= 15 is 0 Å². The second-order valence-corrected chi connectivity index (χ2v) is 11.1. The van der Waals surface area contributed by atoms with Crippen LogP contribution in [0.15, 0.2) is 33.9 Å². The third kappa shape index (κ3) is 3.59. The number of anilines is 1. The fourth-order valence-corrected chi connectivity index (χ4v) is 7.29. The van der Waals surface area contributed by atoms with E-state index in [1.165, 1.54) is 27.0 Å². The van der Waals surface area contributed by atoms with E-state index in [0.29, 0.717) is 18.1 Å². The zero-order valence-electron chi connectivity index (χ0n) is 15.6. The molecule has 4 rings (SSSR count). The lowest BCUT2D eigenvalue weighted by Gasteiger charge is -2.32. The maximum Gasteiger partial charge on any atom is 0.253 e. The average molecular weight is 436 g/mol. The van der Waals surface area contributed by atoms with Crippen molar-refractivity contribution in [1.82, 2.24) is 9.29 Å². The molecule has 9 heteroatoms. The van der Waals surface area contributed by atoms with Gasteiger partial charge in [-0.25, -0.2) is 13.4 Å². The maximum atomic E-state index is 13.0. The molecule has 0 radical (unpaired) electrons. The van der Waals surface area contributed by atoms with Crippen molar-refractivity contribution in [3.63, 3.8) is 0 Å². The molecule has 148 valence electrons. The molecule has 0 unspecified atom stereocenters. The number of benzene rings is 1. The minimum absolute atomic E-state index is 0.276. The molecule has 1 aliphatic rings. The second-order valence-electron chi connectivity index (χ2n) is 7.00. The molecule has 2 aromatic heterocycles. The van der Waals surface area contributed by atoms with E-state index in [1.807, 2.05) is 19.9 Å². The smallest absolute Gasteiger partial charge is 0.253 e. The van der Waals surface area contributed by atoms with Gasteiger partial charge < -0.3 is 5.32 Å². The highest BCUT2D eigenvalue weighted by molar-refractivity contribution is 7.91. The third-order valence-corrected chi connectivity index (χ3v) is 9.27. The van der Waals surface area contributed by atoms with Gasteiger partial charge in [0.15, 0.2) is 5.13 Å². The van der Waals surface area contributed by atoms with Gasteiger partial charge in [0.2, 0.25) is 5.91 Å². The summed E-state index contributed by atoms with van der Waals surface area (Å²) in [7, 11) is -3.67. The number of amides is 1. The summed E-state index contributed by atoms with van der Waals surface area (Å²) >= 11 is 2.60. The van der Waals surface area contributed by atoms with Crippen LogP contribution in [-0.4, -0.2) is 36.2 Å². The lowest BCUT2D eigenvalue weighted by atomic mass is 10.0. The molecule has 1 atom stereocenters. The molecule has 1 saturated heterocycles. The molecular formula is C19H21N3O3S3. The number of carbonyl (C=O) groups excluding carboxylic acids is 1. The summed E-state index contributed by atoms with van der Waals surface area (Å²) in [6.45, 7) is 4.39. The quantitative estimate of drug-likeness (QED) is 0.667. The van der Waals surface area contributed by atoms with Crippen molar-refractivity contribution in [3.8, 4) is 0 Å². The van der Waals surface area contributed by atoms with Crippen molar-refractivity contribution in [3.05, 3.63) is 40.8 Å². The number of fused-ring (bicyclic) bond motifs is 1. The molecule has 3 aromatic rings. The Labute approximate surface area is 172 Å². The van der Waals surface area contributed by atoms with Crippen molar-refractivity contribution < 1.29 is 13.2 Å². The number of aromatic nitrogens is 1. The Kier molecular flexibility index (Phi) is 5.26. The molecule has 6 nitrogen and oxygen atoms in total. The summed E-state index contributed by atoms with van der Waals surface area (Å²) < 4.78 is 28.6. The molecule has 1 N–H and O–H groups in total. The normalized spacial score (nSPS) is 18.4. The topological polar surface area (TPSA) is 79.4 Å². The Morgan fingerprint density at radius 3 is 2.86 bits per heavy atom. The molecule has 1 aliphatic heterocycles. The largest absolute Gasteiger partial charge is 0.301 e. The molecule has 0 spiro atoms. The fourth-order valence-electron chi connectivity index (χ4n) is 3.60. The monoisotopic (exact) mass is 435 g/mol. The van der Waals surface area contributed by atoms with Gasteiger partial charge in [0, 0.05) is 6.54 Å². The number of thiophene rings is 1. The van der Waals surface area contributed by atoms with Gasteiger partial charge in [-0.15, -0.1) is 11.3 Å². The number of nitrogens with one attached hydrogen (secondary N) is 1. The molecule has 1 amide bonds. The predicted molar refractivity (Wildman–Crippen MR) is 114 cm³/mol. The molecule has 0 bridgehead atoms. The van der Waals surface area contributed by atoms with Gasteiger partial charge in [-0.2, -0.15) is 4.31 Å². The van der Waals surface area contributed by atoms with Gasteiger partial charge in [-0.1, -0.05) is 29.9 Å². The number of thiazole rings is 1. The Bertz CT molecular complexity index is 1120. The second kappa shape index (κ2) is 7.55. The number of piperidine rings is 1. The molecule has 0 saturated carbocycles. The lowest BCUT2D eigenvalue weighted by molar-refractivity contribution is -0.120. The summed E-state index contributed by atoms with van der Waals surface area (Å²) in [6.07, 6.45) is 2.10. The van der Waals surface area contributed by atoms with Gasteiger partial charge in [-0.3, -0.25) is 4.79 Å². The summed E-state index contributed by atoms with van der Waals surface area (Å²) in [5, 5.41) is 5.10. The first-order valence-corrected chi connectivity index (χ1v) is 12.2. The number of hydrogen-bond acceptors (Lipinski definition) is 6. The van der Waals surface area contributed by atoms with Crippen molar-refractivity contribution in [2.75, 3.05) is 11.9 Å². The van der Waals surface area contributed by atoms with Gasteiger partial charge in [0.05, 0.1) is 10.2 Å². The maximum absolute atomic E-state index is 13.0. The van der Waals surface area contributed by atoms with Crippen LogP contribution in [0.5, 0.6) is 0 Å². The number of rotatable bonds is 4. The van der Waals surface area contributed by atoms with Crippen LogP contribution in [0.1, 0.15) is 30.4 Å². The highest BCUT2D eigenvalue weighted by Gasteiger charge is 2.38. The van der Waals surface area contributed by atoms with Crippen molar-refractivity contribution >= 4 is 54.0 Å². The SMILES string of the molecule is Cc1cc(C)c2sc(NC(=O)[C@H]3CCCCN3S(=O)(=O)c3cccs3)nc2c1. The number of hydrogen-bond donors (Lipinski definition) is 1. The molecule has 0 aliphatic carbocycles. The van der Waals surface area contributed by atoms with Gasteiger partial charge in [0.1, 0.15) is 10.3 Å². The van der Waals surface area contributed by atoms with Crippen LogP contribution in [0.3, 0.4) is 0 Å². The first-order chi connectivity index (χ1) is 13.4. The van der Waals surface area contributed by atoms with Gasteiger partial charge >= 0.3 is 0 Å². The summed E-state index contributed by atoms with van der Waals surface area (Å²) in [4.78, 5) is 17.5. The Hall–Kier alpha value is -1.81. The Morgan fingerprint density at radius 2 is 2.11 bits per heavy atom. The minimum Gasteiger partial charge on any atom is -0.301 e. The molecule has 28 heavy (non-hydrogen) atoms. The van der Waals surface area contributed by atoms with E-state index in [4.69, 9.17) is 0 Å². The first-order valence-electron chi connectivity index (χ1n) is 9.10. The zero-order chi connectivity index (χ0) is 19.9. The van der Waals surface area contributed by atoms with Crippen LogP contribution >= 0.6 is 22.7 Å². The van der Waals surface area contributed by atoms with E-state index < -0.39 is 16.1 Å². The van der Waals surface area contributed by atoms with Crippen LogP contribution in [-0.2, 0) is 14.8 Å². The number of carbonyl (C=O) groups is 1. The van der Waals surface area contributed by atoms with Gasteiger partial charge in [-0.05, 0) is 55.3 Å². The number of aryl methyl sites for hydroxylation is 2. The van der Waals surface area contributed by atoms with Crippen LogP contribution in [0, 0.1) is 13.8 Å². The molecular weight excluding hydrogens is 414 g/mol. The third-order valence-electron chi connectivity index (χ3n) is 4.86. The van der Waals surface area contributed by atoms with Crippen LogP contribution in [0.2, 0.25) is 0 Å². The van der Waals surface area contributed by atoms with Crippen LogP contribution in [0.25, 0.3) is 10.2 Å². The van der Waals surface area contributed by atoms with Crippen molar-refractivity contribution in [2.45, 2.75) is 43.4 Å². The molecule has 1 fully saturated rings. The van der Waals surface area contributed by atoms with Crippen molar-refractivity contribution in [2.24, 2.45) is 0 Å². The van der Waals surface area contributed by atoms with E-state index in [0.717, 1.165) is 34.2 Å². The van der Waals surface area contributed by atoms with E-state index in [2.05, 4.69) is 16.4 Å². The lowest BCUT2D eigenvalue weighted by Crippen LogP contribution is -2.49. The van der Waals surface area contributed by atoms with Crippen LogP contribution < -0.4 is 5.32 Å². The van der Waals surface area contributed by atoms with E-state index in [1.54, 1.807) is 17.5 Å². The standard InChI is InChI=1S/C19H21N3O3S3/c1-12-10-13(2)17-14(11-12)20-19(27-17)21-18(23)15-6-3-4-8-22(15)28(24,25)16-7-5-9-26-16/h5,7,9-11,15H,3-4,6,8H2,1-2H3,(H,20,21,23)/t15-/m1/s1. The van der Waals surface area contributed by atoms with E-state index in [9.17, 15) is 13.2 Å². The molecule has 3 heterocycles. The molecule has 1 aromatic carbocycles. The predicted octanol–water partition coefficient (Wildman–Crippen LogP) is 4.16. The summed E-state index contributed by atoms with van der Waals surface area (Å²) in [5.41, 5.74) is 3.09. The minimum atomic E-state index is -3.67.